The third-order valence-electron chi connectivity index (χ3n) is 2.66. The predicted octanol–water partition coefficient (Wildman–Crippen LogP) is 3.15. The van der Waals surface area contributed by atoms with Crippen molar-refractivity contribution >= 4 is 31.6 Å². The third kappa shape index (κ3) is 3.39. The number of nitrogen functional groups attached to an aromatic ring is 1. The highest BCUT2D eigenvalue weighted by Gasteiger charge is 2.34. The molecule has 1 aromatic carbocycles. The van der Waals surface area contributed by atoms with Gasteiger partial charge in [0.25, 0.3) is 0 Å². The van der Waals surface area contributed by atoms with Crippen LogP contribution in [0.2, 0.25) is 0 Å². The fraction of sp³-hybridized carbons (Fsp3) is 0.385. The standard InChI is InChI=1S/C13H18BrFN2O2S/c1-5-6-17(13(2,3)4)20(18,19)12-8-11(16)10(15)7-9(12)14/h5,7-8H,1,6,16H2,2-4H3. The summed E-state index contributed by atoms with van der Waals surface area (Å²) in [5, 5.41) is 0. The van der Waals surface area contributed by atoms with E-state index in [1.807, 2.05) is 0 Å². The van der Waals surface area contributed by atoms with Gasteiger partial charge in [-0.15, -0.1) is 6.58 Å². The van der Waals surface area contributed by atoms with Gasteiger partial charge in [-0.25, -0.2) is 12.8 Å². The molecule has 0 atom stereocenters. The maximum Gasteiger partial charge on any atom is 0.245 e. The number of benzene rings is 1. The lowest BCUT2D eigenvalue weighted by molar-refractivity contribution is 0.269. The Kier molecular flexibility index (Phi) is 4.99. The quantitative estimate of drug-likeness (QED) is 0.659. The van der Waals surface area contributed by atoms with Crippen LogP contribution >= 0.6 is 15.9 Å². The number of nitrogens with two attached hydrogens (primary N) is 1. The van der Waals surface area contributed by atoms with E-state index in [0.29, 0.717) is 0 Å². The van der Waals surface area contributed by atoms with Crippen LogP contribution in [0.5, 0.6) is 0 Å². The Morgan fingerprint density at radius 2 is 2.00 bits per heavy atom. The highest BCUT2D eigenvalue weighted by molar-refractivity contribution is 9.10. The summed E-state index contributed by atoms with van der Waals surface area (Å²) >= 11 is 3.08. The summed E-state index contributed by atoms with van der Waals surface area (Å²) < 4.78 is 40.2. The Bertz CT molecular complexity index is 624. The molecule has 0 amide bonds. The number of halogens is 2. The summed E-state index contributed by atoms with van der Waals surface area (Å²) in [6.07, 6.45) is 1.50. The van der Waals surface area contributed by atoms with Gasteiger partial charge in [0, 0.05) is 16.6 Å². The van der Waals surface area contributed by atoms with Crippen LogP contribution in [0.3, 0.4) is 0 Å². The van der Waals surface area contributed by atoms with Gasteiger partial charge >= 0.3 is 0 Å². The van der Waals surface area contributed by atoms with Crippen molar-refractivity contribution < 1.29 is 12.8 Å². The van der Waals surface area contributed by atoms with Gasteiger partial charge in [-0.3, -0.25) is 0 Å². The minimum Gasteiger partial charge on any atom is -0.396 e. The van der Waals surface area contributed by atoms with Crippen LogP contribution in [0.1, 0.15) is 20.8 Å². The summed E-state index contributed by atoms with van der Waals surface area (Å²) in [6.45, 7) is 9.04. The molecule has 0 radical (unpaired) electrons. The Labute approximate surface area is 127 Å². The number of hydrogen-bond acceptors (Lipinski definition) is 3. The fourth-order valence-electron chi connectivity index (χ4n) is 1.71. The molecule has 0 saturated heterocycles. The molecule has 2 N–H and O–H groups in total. The second-order valence-electron chi connectivity index (χ2n) is 5.30. The molecule has 0 spiro atoms. The number of nitrogens with zero attached hydrogens (tertiary/aromatic N) is 1. The van der Waals surface area contributed by atoms with Gasteiger partial charge in [0.15, 0.2) is 0 Å². The zero-order valence-corrected chi connectivity index (χ0v) is 14.1. The highest BCUT2D eigenvalue weighted by Crippen LogP contribution is 2.32. The van der Waals surface area contributed by atoms with Crippen molar-refractivity contribution in [2.24, 2.45) is 0 Å². The Morgan fingerprint density at radius 3 is 2.45 bits per heavy atom. The lowest BCUT2D eigenvalue weighted by atomic mass is 10.1. The van der Waals surface area contributed by atoms with Crippen molar-refractivity contribution in [1.29, 1.82) is 0 Å². The smallest absolute Gasteiger partial charge is 0.245 e. The van der Waals surface area contributed by atoms with E-state index in [2.05, 4.69) is 22.5 Å². The van der Waals surface area contributed by atoms with Crippen molar-refractivity contribution in [2.45, 2.75) is 31.2 Å². The van der Waals surface area contributed by atoms with E-state index in [1.54, 1.807) is 20.8 Å². The molecule has 0 aliphatic carbocycles. The lowest BCUT2D eigenvalue weighted by Gasteiger charge is -2.34. The van der Waals surface area contributed by atoms with E-state index in [1.165, 1.54) is 10.4 Å². The average Bonchev–Trinajstić information content (AvgIpc) is 2.28. The molecule has 0 bridgehead atoms. The first-order valence-corrected chi connectivity index (χ1v) is 8.13. The van der Waals surface area contributed by atoms with Crippen LogP contribution in [0, 0.1) is 5.82 Å². The molecule has 1 rings (SSSR count). The van der Waals surface area contributed by atoms with E-state index in [9.17, 15) is 12.8 Å². The molecule has 0 aliphatic rings. The zero-order chi connectivity index (χ0) is 15.7. The second-order valence-corrected chi connectivity index (χ2v) is 7.98. The maximum atomic E-state index is 13.4. The largest absolute Gasteiger partial charge is 0.396 e. The molecular weight excluding hydrogens is 347 g/mol. The molecule has 1 aromatic rings. The van der Waals surface area contributed by atoms with E-state index in [-0.39, 0.29) is 21.6 Å². The Morgan fingerprint density at radius 1 is 1.45 bits per heavy atom. The fourth-order valence-corrected chi connectivity index (χ4v) is 4.48. The van der Waals surface area contributed by atoms with Crippen molar-refractivity contribution in [1.82, 2.24) is 4.31 Å². The molecule has 0 aromatic heterocycles. The van der Waals surface area contributed by atoms with E-state index >= 15 is 0 Å². The SMILES string of the molecule is C=CCN(C(C)(C)C)S(=O)(=O)c1cc(N)c(F)cc1Br. The van der Waals surface area contributed by atoms with Gasteiger partial charge in [-0.2, -0.15) is 4.31 Å². The van der Waals surface area contributed by atoms with Gasteiger partial charge < -0.3 is 5.73 Å². The molecule has 112 valence electrons. The molecule has 0 heterocycles. The second kappa shape index (κ2) is 5.83. The molecule has 0 saturated carbocycles. The third-order valence-corrected chi connectivity index (χ3v) is 5.75. The van der Waals surface area contributed by atoms with Crippen LogP contribution < -0.4 is 5.73 Å². The summed E-state index contributed by atoms with van der Waals surface area (Å²) in [5.41, 5.74) is 4.62. The molecule has 20 heavy (non-hydrogen) atoms. The van der Waals surface area contributed by atoms with Gasteiger partial charge in [0.1, 0.15) is 5.82 Å². The summed E-state index contributed by atoms with van der Waals surface area (Å²) in [5.74, 6) is -0.665. The lowest BCUT2D eigenvalue weighted by Crippen LogP contribution is -2.45. The van der Waals surface area contributed by atoms with Gasteiger partial charge in [-0.1, -0.05) is 6.08 Å². The molecule has 0 unspecified atom stereocenters. The number of anilines is 1. The average molecular weight is 365 g/mol. The first-order valence-electron chi connectivity index (χ1n) is 5.90. The maximum absolute atomic E-state index is 13.4. The van der Waals surface area contributed by atoms with Crippen LogP contribution in [0.25, 0.3) is 0 Å². The number of hydrogen-bond donors (Lipinski definition) is 1. The van der Waals surface area contributed by atoms with E-state index in [4.69, 9.17) is 5.73 Å². The normalized spacial score (nSPS) is 12.7. The van der Waals surface area contributed by atoms with E-state index < -0.39 is 21.4 Å². The molecular formula is C13H18BrFN2O2S. The monoisotopic (exact) mass is 364 g/mol. The van der Waals surface area contributed by atoms with Crippen molar-refractivity contribution in [3.63, 3.8) is 0 Å². The number of rotatable bonds is 4. The van der Waals surface area contributed by atoms with E-state index in [0.717, 1.165) is 12.1 Å². The Hall–Kier alpha value is -0.920. The van der Waals surface area contributed by atoms with Crippen LogP contribution in [0.4, 0.5) is 10.1 Å². The molecule has 0 fully saturated rings. The van der Waals surface area contributed by atoms with Crippen LogP contribution in [-0.2, 0) is 10.0 Å². The number of sulfonamides is 1. The zero-order valence-electron chi connectivity index (χ0n) is 11.7. The van der Waals surface area contributed by atoms with Crippen LogP contribution in [-0.4, -0.2) is 24.8 Å². The Balaban J connectivity index is 3.49. The van der Waals surface area contributed by atoms with Crippen molar-refractivity contribution in [2.75, 3.05) is 12.3 Å². The summed E-state index contributed by atoms with van der Waals surface area (Å²) in [7, 11) is -3.82. The van der Waals surface area contributed by atoms with Gasteiger partial charge in [0.2, 0.25) is 10.0 Å². The summed E-state index contributed by atoms with van der Waals surface area (Å²) in [6, 6.07) is 2.17. The molecule has 0 aliphatic heterocycles. The minimum absolute atomic E-state index is 0.0619. The van der Waals surface area contributed by atoms with Gasteiger partial charge in [0.05, 0.1) is 10.6 Å². The molecule has 4 nitrogen and oxygen atoms in total. The van der Waals surface area contributed by atoms with Crippen LogP contribution in [0.15, 0.2) is 34.2 Å². The van der Waals surface area contributed by atoms with Gasteiger partial charge in [-0.05, 0) is 48.8 Å². The summed E-state index contributed by atoms with van der Waals surface area (Å²) in [4.78, 5) is -0.0619. The van der Waals surface area contributed by atoms with Crippen molar-refractivity contribution in [3.8, 4) is 0 Å². The highest BCUT2D eigenvalue weighted by atomic mass is 79.9. The van der Waals surface area contributed by atoms with Crippen molar-refractivity contribution in [3.05, 3.63) is 35.1 Å². The molecule has 7 heteroatoms. The topological polar surface area (TPSA) is 63.4 Å². The first-order chi connectivity index (χ1) is 9.01. The predicted molar refractivity (Wildman–Crippen MR) is 82.4 cm³/mol. The first kappa shape index (κ1) is 17.1. The minimum atomic E-state index is -3.82.